The van der Waals surface area contributed by atoms with Crippen LogP contribution in [0.3, 0.4) is 0 Å². The van der Waals surface area contributed by atoms with Gasteiger partial charge in [0, 0.05) is 12.2 Å². The zero-order valence-electron chi connectivity index (χ0n) is 15.8. The Hall–Kier alpha value is -3.47. The monoisotopic (exact) mass is 374 g/mol. The first-order valence-electron chi connectivity index (χ1n) is 9.16. The predicted octanol–water partition coefficient (Wildman–Crippen LogP) is 4.48. The van der Waals surface area contributed by atoms with E-state index in [9.17, 15) is 9.90 Å². The maximum atomic E-state index is 13.3. The number of hydrogen-bond acceptors (Lipinski definition) is 4. The largest absolute Gasteiger partial charge is 0.504 e. The number of rotatable bonds is 4. The number of para-hydroxylation sites is 1. The van der Waals surface area contributed by atoms with Crippen molar-refractivity contribution in [1.82, 2.24) is 4.90 Å². The van der Waals surface area contributed by atoms with E-state index in [1.165, 1.54) is 12.7 Å². The van der Waals surface area contributed by atoms with Crippen molar-refractivity contribution in [2.75, 3.05) is 12.4 Å². The molecule has 1 atom stereocenters. The first-order valence-corrected chi connectivity index (χ1v) is 9.16. The fourth-order valence-corrected chi connectivity index (χ4v) is 3.49. The summed E-state index contributed by atoms with van der Waals surface area (Å²) in [6.07, 6.45) is -0.402. The van der Waals surface area contributed by atoms with Crippen molar-refractivity contribution in [3.8, 4) is 11.5 Å². The third-order valence-electron chi connectivity index (χ3n) is 5.01. The summed E-state index contributed by atoms with van der Waals surface area (Å²) in [5, 5.41) is 13.7. The van der Waals surface area contributed by atoms with E-state index >= 15 is 0 Å². The van der Waals surface area contributed by atoms with Gasteiger partial charge in [-0.05, 0) is 42.3 Å². The van der Waals surface area contributed by atoms with Gasteiger partial charge in [0.15, 0.2) is 11.5 Å². The predicted molar refractivity (Wildman–Crippen MR) is 109 cm³/mol. The van der Waals surface area contributed by atoms with Crippen molar-refractivity contribution >= 4 is 11.6 Å². The lowest BCUT2D eigenvalue weighted by molar-refractivity contribution is 0.0666. The van der Waals surface area contributed by atoms with E-state index in [2.05, 4.69) is 5.32 Å². The normalized spacial score (nSPS) is 15.7. The molecular formula is C23H22N2O3. The molecule has 142 valence electrons. The Morgan fingerprint density at radius 2 is 1.82 bits per heavy atom. The highest BCUT2D eigenvalue weighted by Gasteiger charge is 2.33. The molecule has 2 N–H and O–H groups in total. The number of benzene rings is 3. The van der Waals surface area contributed by atoms with Gasteiger partial charge in [0.25, 0.3) is 5.91 Å². The van der Waals surface area contributed by atoms with Gasteiger partial charge in [-0.3, -0.25) is 4.79 Å². The van der Waals surface area contributed by atoms with Crippen LogP contribution in [0.1, 0.15) is 33.2 Å². The Labute approximate surface area is 164 Å². The Kier molecular flexibility index (Phi) is 4.65. The average Bonchev–Trinajstić information content (AvgIpc) is 2.71. The Balaban J connectivity index is 1.75. The summed E-state index contributed by atoms with van der Waals surface area (Å²) in [4.78, 5) is 15.1. The molecule has 0 aromatic heterocycles. The molecule has 3 aromatic carbocycles. The van der Waals surface area contributed by atoms with E-state index in [0.717, 1.165) is 16.8 Å². The van der Waals surface area contributed by atoms with Crippen LogP contribution in [0.5, 0.6) is 11.5 Å². The van der Waals surface area contributed by atoms with Gasteiger partial charge in [-0.2, -0.15) is 0 Å². The van der Waals surface area contributed by atoms with Crippen LogP contribution in [0.4, 0.5) is 5.69 Å². The summed E-state index contributed by atoms with van der Waals surface area (Å²) < 4.78 is 5.15. The first kappa shape index (κ1) is 17.9. The molecule has 1 amide bonds. The Morgan fingerprint density at radius 1 is 1.07 bits per heavy atom. The van der Waals surface area contributed by atoms with E-state index in [1.54, 1.807) is 17.0 Å². The molecule has 0 saturated carbocycles. The zero-order chi connectivity index (χ0) is 19.7. The number of carbonyl (C=O) groups is 1. The van der Waals surface area contributed by atoms with Crippen LogP contribution < -0.4 is 10.1 Å². The molecule has 0 radical (unpaired) electrons. The first-order chi connectivity index (χ1) is 13.6. The number of nitrogens with zero attached hydrogens (tertiary/aromatic N) is 1. The third-order valence-corrected chi connectivity index (χ3v) is 5.01. The summed E-state index contributed by atoms with van der Waals surface area (Å²) in [6.45, 7) is 2.49. The molecule has 1 aliphatic heterocycles. The summed E-state index contributed by atoms with van der Waals surface area (Å²) in [6, 6.07) is 20.8. The molecule has 0 spiro atoms. The lowest BCUT2D eigenvalue weighted by atomic mass is 10.0. The van der Waals surface area contributed by atoms with Crippen molar-refractivity contribution in [2.45, 2.75) is 19.6 Å². The summed E-state index contributed by atoms with van der Waals surface area (Å²) >= 11 is 0. The van der Waals surface area contributed by atoms with Crippen LogP contribution in [-0.2, 0) is 6.54 Å². The quantitative estimate of drug-likeness (QED) is 0.707. The van der Waals surface area contributed by atoms with Crippen LogP contribution in [0.15, 0.2) is 66.7 Å². The third kappa shape index (κ3) is 3.27. The molecule has 0 aliphatic carbocycles. The van der Waals surface area contributed by atoms with Crippen molar-refractivity contribution in [2.24, 2.45) is 0 Å². The number of fused-ring (bicyclic) bond motifs is 1. The minimum Gasteiger partial charge on any atom is -0.504 e. The van der Waals surface area contributed by atoms with Gasteiger partial charge in [-0.1, -0.05) is 48.0 Å². The molecule has 5 heteroatoms. The number of methoxy groups -OCH3 is 1. The van der Waals surface area contributed by atoms with E-state index in [1.807, 2.05) is 61.5 Å². The lowest BCUT2D eigenvalue weighted by Gasteiger charge is -2.38. The minimum atomic E-state index is -0.402. The molecule has 1 aliphatic rings. The molecule has 1 heterocycles. The number of hydrogen-bond donors (Lipinski definition) is 2. The SMILES string of the molecule is COc1ccc(C2Nc3ccccc3C(=O)N2Cc2ccc(C)cc2)cc1O. The smallest absolute Gasteiger partial charge is 0.258 e. The molecule has 5 nitrogen and oxygen atoms in total. The zero-order valence-corrected chi connectivity index (χ0v) is 15.8. The van der Waals surface area contributed by atoms with Gasteiger partial charge in [0.2, 0.25) is 0 Å². The second kappa shape index (κ2) is 7.27. The molecule has 4 rings (SSSR count). The molecule has 3 aromatic rings. The van der Waals surface area contributed by atoms with Gasteiger partial charge < -0.3 is 20.1 Å². The second-order valence-electron chi connectivity index (χ2n) is 6.94. The van der Waals surface area contributed by atoms with Gasteiger partial charge in [0.05, 0.1) is 12.7 Å². The number of aryl methyl sites for hydroxylation is 1. The topological polar surface area (TPSA) is 61.8 Å². The number of anilines is 1. The fourth-order valence-electron chi connectivity index (χ4n) is 3.49. The van der Waals surface area contributed by atoms with E-state index < -0.39 is 6.17 Å². The maximum absolute atomic E-state index is 13.3. The van der Waals surface area contributed by atoms with Crippen LogP contribution in [0.2, 0.25) is 0 Å². The van der Waals surface area contributed by atoms with Crippen LogP contribution in [0, 0.1) is 6.92 Å². The second-order valence-corrected chi connectivity index (χ2v) is 6.94. The molecule has 0 saturated heterocycles. The molecule has 0 bridgehead atoms. The van der Waals surface area contributed by atoms with Crippen molar-refractivity contribution < 1.29 is 14.6 Å². The van der Waals surface area contributed by atoms with E-state index in [4.69, 9.17) is 4.74 Å². The number of nitrogens with one attached hydrogen (secondary N) is 1. The van der Waals surface area contributed by atoms with Crippen LogP contribution >= 0.6 is 0 Å². The van der Waals surface area contributed by atoms with Gasteiger partial charge >= 0.3 is 0 Å². The summed E-state index contributed by atoms with van der Waals surface area (Å²) in [7, 11) is 1.51. The number of ether oxygens (including phenoxy) is 1. The number of carbonyl (C=O) groups excluding carboxylic acids is 1. The molecule has 1 unspecified atom stereocenters. The van der Waals surface area contributed by atoms with Crippen molar-refractivity contribution in [1.29, 1.82) is 0 Å². The number of phenols is 1. The van der Waals surface area contributed by atoms with Gasteiger partial charge in [-0.15, -0.1) is 0 Å². The average molecular weight is 374 g/mol. The molecule has 0 fully saturated rings. The van der Waals surface area contributed by atoms with Crippen LogP contribution in [-0.4, -0.2) is 23.0 Å². The molecule has 28 heavy (non-hydrogen) atoms. The molecular weight excluding hydrogens is 352 g/mol. The highest BCUT2D eigenvalue weighted by molar-refractivity contribution is 6.01. The lowest BCUT2D eigenvalue weighted by Crippen LogP contribution is -2.42. The van der Waals surface area contributed by atoms with E-state index in [0.29, 0.717) is 17.9 Å². The van der Waals surface area contributed by atoms with Gasteiger partial charge in [-0.25, -0.2) is 0 Å². The number of phenolic OH excluding ortho intramolecular Hbond substituents is 1. The Morgan fingerprint density at radius 3 is 2.54 bits per heavy atom. The van der Waals surface area contributed by atoms with Crippen molar-refractivity contribution in [3.05, 3.63) is 89.0 Å². The highest BCUT2D eigenvalue weighted by atomic mass is 16.5. The van der Waals surface area contributed by atoms with E-state index in [-0.39, 0.29) is 11.7 Å². The maximum Gasteiger partial charge on any atom is 0.258 e. The summed E-state index contributed by atoms with van der Waals surface area (Å²) in [5.74, 6) is 0.398. The Bertz CT molecular complexity index is 1010. The van der Waals surface area contributed by atoms with Crippen molar-refractivity contribution in [3.63, 3.8) is 0 Å². The number of aromatic hydroxyl groups is 1. The minimum absolute atomic E-state index is 0.0448. The standard InChI is InChI=1S/C23H22N2O3/c1-15-7-9-16(10-8-15)14-25-22(17-11-12-21(28-2)20(26)13-17)24-19-6-4-3-5-18(19)23(25)27/h3-13,22,24,26H,14H2,1-2H3. The fraction of sp³-hybridized carbons (Fsp3) is 0.174. The summed E-state index contributed by atoms with van der Waals surface area (Å²) in [5.41, 5.74) is 4.43. The highest BCUT2D eigenvalue weighted by Crippen LogP contribution is 2.37. The van der Waals surface area contributed by atoms with Crippen LogP contribution in [0.25, 0.3) is 0 Å². The number of amides is 1. The van der Waals surface area contributed by atoms with Gasteiger partial charge in [0.1, 0.15) is 6.17 Å².